The molecular weight excluding hydrogens is 213 g/mol. The summed E-state index contributed by atoms with van der Waals surface area (Å²) in [6.07, 6.45) is 0. The van der Waals surface area contributed by atoms with Crippen molar-refractivity contribution in [2.75, 3.05) is 0 Å². The largest absolute Gasteiger partial charge is 1.00 e. The van der Waals surface area contributed by atoms with Gasteiger partial charge in [0.15, 0.2) is 0 Å². The van der Waals surface area contributed by atoms with E-state index in [1.807, 2.05) is 0 Å². The van der Waals surface area contributed by atoms with Gasteiger partial charge in [-0.15, -0.1) is 0 Å². The molecule has 0 aliphatic rings. The third kappa shape index (κ3) is 653. The van der Waals surface area contributed by atoms with Crippen LogP contribution in [0.2, 0.25) is 0 Å². The predicted octanol–water partition coefficient (Wildman–Crippen LogP) is -0.396. The maximum absolute atomic E-state index is 9.75. The minimum Gasteiger partial charge on any atom is -0.418 e. The Hall–Kier alpha value is 1.21. The zero-order chi connectivity index (χ0) is 9.00. The average Bonchev–Trinajstić information content (AvgIpc) is 1.12. The second-order valence-corrected chi connectivity index (χ2v) is 0.990. The Bertz CT molecular complexity index is 55.1. The summed E-state index contributed by atoms with van der Waals surface area (Å²) in [7, 11) is -12.0. The van der Waals surface area contributed by atoms with Gasteiger partial charge in [0.05, 0.1) is 0 Å². The summed E-state index contributed by atoms with van der Waals surface area (Å²) in [6, 6.07) is 0. The Balaban J connectivity index is -0.000000107. The van der Waals surface area contributed by atoms with Crippen molar-refractivity contribution in [2.24, 2.45) is 0 Å². The van der Waals surface area contributed by atoms with E-state index < -0.39 is 14.5 Å². The van der Waals surface area contributed by atoms with Gasteiger partial charge in [0, 0.05) is 0 Å². The molecule has 11 heteroatoms. The third-order valence-corrected chi connectivity index (χ3v) is 0. The van der Waals surface area contributed by atoms with Crippen LogP contribution in [0, 0.1) is 0 Å². The molecule has 0 aromatic carbocycles. The van der Waals surface area contributed by atoms with Crippen molar-refractivity contribution in [2.45, 2.75) is 0 Å². The van der Waals surface area contributed by atoms with Crippen LogP contribution in [-0.4, -0.2) is 14.5 Å². The van der Waals surface area contributed by atoms with Crippen LogP contribution in [0.4, 0.5) is 34.5 Å². The molecule has 0 rings (SSSR count). The maximum Gasteiger partial charge on any atom is 1.00 e. The molecule has 0 bridgehead atoms. The molecule has 0 saturated carbocycles. The molecule has 0 saturated heterocycles. The maximum atomic E-state index is 9.75. The summed E-state index contributed by atoms with van der Waals surface area (Å²) < 4.78 is 78.0. The van der Waals surface area contributed by atoms with Crippen molar-refractivity contribution >= 4 is 14.5 Å². The first-order valence-electron chi connectivity index (χ1n) is 1.75. The molecule has 0 amide bonds. The predicted molar refractivity (Wildman–Crippen MR) is 20.4 cm³/mol. The molecule has 11 heavy (non-hydrogen) atoms. The summed E-state index contributed by atoms with van der Waals surface area (Å²) in [5.41, 5.74) is 0. The molecule has 0 aromatic heterocycles. The van der Waals surface area contributed by atoms with E-state index in [9.17, 15) is 34.5 Å². The van der Waals surface area contributed by atoms with E-state index in [1.54, 1.807) is 0 Å². The van der Waals surface area contributed by atoms with Crippen LogP contribution in [0.25, 0.3) is 0 Å². The fourth-order valence-electron chi connectivity index (χ4n) is 0. The second kappa shape index (κ2) is 6.69. The van der Waals surface area contributed by atoms with E-state index in [-0.39, 0.29) is 51.4 Å². The van der Waals surface area contributed by atoms with E-state index in [4.69, 9.17) is 0 Å². The first-order valence-corrected chi connectivity index (χ1v) is 1.75. The van der Waals surface area contributed by atoms with E-state index >= 15 is 0 Å². The smallest absolute Gasteiger partial charge is 0.418 e. The summed E-state index contributed by atoms with van der Waals surface area (Å²) in [5, 5.41) is 0. The third-order valence-electron chi connectivity index (χ3n) is 0. The minimum atomic E-state index is -6.00. The second-order valence-electron chi connectivity index (χ2n) is 0.990. The van der Waals surface area contributed by atoms with Crippen LogP contribution < -0.4 is 51.4 Å². The van der Waals surface area contributed by atoms with Crippen LogP contribution >= 0.6 is 0 Å². The average molecular weight is 213 g/mol. The Kier molecular flexibility index (Phi) is 11.0. The van der Waals surface area contributed by atoms with Crippen LogP contribution in [-0.2, 0) is 0 Å². The van der Waals surface area contributed by atoms with Gasteiger partial charge in [-0.1, -0.05) is 0 Å². The van der Waals surface area contributed by atoms with Crippen molar-refractivity contribution in [3.05, 3.63) is 0 Å². The van der Waals surface area contributed by atoms with Gasteiger partial charge in [0.2, 0.25) is 0 Å². The molecule has 0 heterocycles. The monoisotopic (exact) mass is 213 g/mol. The summed E-state index contributed by atoms with van der Waals surface area (Å²) in [4.78, 5) is 0. The molecule has 0 fully saturated rings. The number of halogens is 8. The van der Waals surface area contributed by atoms with Gasteiger partial charge < -0.3 is 34.5 Å². The zero-order valence-corrected chi connectivity index (χ0v) is 8.30. The number of hydrogen-bond donors (Lipinski definition) is 0. The molecule has 0 atom stereocenters. The fourth-order valence-corrected chi connectivity index (χ4v) is 0. The molecule has 0 aromatic rings. The van der Waals surface area contributed by atoms with Crippen LogP contribution in [0.3, 0.4) is 0 Å². The Morgan fingerprint density at radius 3 is 0.455 bits per heavy atom. The zero-order valence-electron chi connectivity index (χ0n) is 5.18. The van der Waals surface area contributed by atoms with Crippen molar-refractivity contribution < 1.29 is 85.9 Å². The first-order chi connectivity index (χ1) is 4.00. The topological polar surface area (TPSA) is 0 Å². The standard InChI is InChI=1S/2BF4.K/c2*2-1(3,4)5;/q2*-1;+1. The van der Waals surface area contributed by atoms with Crippen molar-refractivity contribution in [1.29, 1.82) is 0 Å². The quantitative estimate of drug-likeness (QED) is 0.379. The van der Waals surface area contributed by atoms with Gasteiger partial charge in [-0.2, -0.15) is 0 Å². The normalized spacial score (nSPS) is 10.9. The van der Waals surface area contributed by atoms with Crippen LogP contribution in [0.1, 0.15) is 0 Å². The van der Waals surface area contributed by atoms with Gasteiger partial charge in [-0.25, -0.2) is 0 Å². The first kappa shape index (κ1) is 18.1. The Labute approximate surface area is 99.3 Å². The van der Waals surface area contributed by atoms with Crippen LogP contribution in [0.15, 0.2) is 0 Å². The van der Waals surface area contributed by atoms with Crippen LogP contribution in [0.5, 0.6) is 0 Å². The van der Waals surface area contributed by atoms with Gasteiger partial charge in [0.25, 0.3) is 0 Å². The summed E-state index contributed by atoms with van der Waals surface area (Å²) in [6.45, 7) is 0. The van der Waals surface area contributed by atoms with Crippen molar-refractivity contribution in [3.63, 3.8) is 0 Å². The summed E-state index contributed by atoms with van der Waals surface area (Å²) in [5.74, 6) is 0. The molecule has 0 unspecified atom stereocenters. The van der Waals surface area contributed by atoms with E-state index in [2.05, 4.69) is 0 Å². The van der Waals surface area contributed by atoms with Gasteiger partial charge in [-0.05, 0) is 0 Å². The summed E-state index contributed by atoms with van der Waals surface area (Å²) >= 11 is 0. The van der Waals surface area contributed by atoms with Gasteiger partial charge in [-0.3, -0.25) is 0 Å². The molecular formula is B2F8K-. The molecule has 64 valence electrons. The Morgan fingerprint density at radius 2 is 0.455 bits per heavy atom. The molecule has 0 radical (unpaired) electrons. The number of hydrogen-bond acceptors (Lipinski definition) is 0. The molecule has 0 aliphatic heterocycles. The van der Waals surface area contributed by atoms with E-state index in [0.29, 0.717) is 0 Å². The SMILES string of the molecule is F[B-](F)(F)F.F[B-](F)(F)F.[K+]. The fraction of sp³-hybridized carbons (Fsp3) is 0. The van der Waals surface area contributed by atoms with E-state index in [0.717, 1.165) is 0 Å². The molecule has 0 nitrogen and oxygen atoms in total. The molecule has 0 aliphatic carbocycles. The Morgan fingerprint density at radius 1 is 0.455 bits per heavy atom. The van der Waals surface area contributed by atoms with Crippen molar-refractivity contribution in [3.8, 4) is 0 Å². The van der Waals surface area contributed by atoms with E-state index in [1.165, 1.54) is 0 Å². The molecule has 0 spiro atoms. The van der Waals surface area contributed by atoms with Gasteiger partial charge in [0.1, 0.15) is 0 Å². The van der Waals surface area contributed by atoms with Gasteiger partial charge >= 0.3 is 65.9 Å². The van der Waals surface area contributed by atoms with Crippen molar-refractivity contribution in [1.82, 2.24) is 0 Å². The minimum absolute atomic E-state index is 0. The molecule has 0 N–H and O–H groups in total. The number of rotatable bonds is 0.